The molecule has 0 amide bonds. The number of allylic oxidation sites excluding steroid dienone is 2. The second-order valence-corrected chi connectivity index (χ2v) is 9.79. The van der Waals surface area contributed by atoms with Gasteiger partial charge in [0.1, 0.15) is 0 Å². The maximum Gasteiger partial charge on any atom is 0.209 e. The molecule has 5 heteroatoms. The summed E-state index contributed by atoms with van der Waals surface area (Å²) in [5.74, 6) is -1.05. The van der Waals surface area contributed by atoms with E-state index in [1.54, 1.807) is 0 Å². The number of rotatable bonds is 6. The first-order chi connectivity index (χ1) is 14.0. The Hall–Kier alpha value is -1.53. The Bertz CT molecular complexity index is 795. The normalized spacial score (nSPS) is 32.5. The highest BCUT2D eigenvalue weighted by molar-refractivity contribution is 5.96. The van der Waals surface area contributed by atoms with Crippen LogP contribution < -0.4 is 0 Å². The minimum absolute atomic E-state index is 0.105. The van der Waals surface area contributed by atoms with Crippen molar-refractivity contribution in [1.29, 1.82) is 0 Å². The lowest BCUT2D eigenvalue weighted by atomic mass is 9.79. The molecule has 5 nitrogen and oxygen atoms in total. The molecule has 3 aliphatic rings. The lowest BCUT2D eigenvalue weighted by molar-refractivity contribution is -0.224. The molecule has 2 aliphatic heterocycles. The monoisotopic (exact) mass is 416 g/mol. The summed E-state index contributed by atoms with van der Waals surface area (Å²) in [5, 5.41) is 19.9. The van der Waals surface area contributed by atoms with Crippen molar-refractivity contribution in [1.82, 2.24) is 0 Å². The van der Waals surface area contributed by atoms with Gasteiger partial charge in [-0.2, -0.15) is 0 Å². The topological polar surface area (TPSA) is 76.0 Å². The van der Waals surface area contributed by atoms with Crippen molar-refractivity contribution in [2.75, 3.05) is 6.61 Å². The van der Waals surface area contributed by atoms with Crippen molar-refractivity contribution in [3.8, 4) is 0 Å². The van der Waals surface area contributed by atoms with Crippen LogP contribution in [0, 0.1) is 5.92 Å². The fraction of sp³-hybridized carbons (Fsp3) is 0.640. The number of hydrogen-bond donors (Lipinski definition) is 2. The van der Waals surface area contributed by atoms with Crippen molar-refractivity contribution in [2.45, 2.75) is 90.3 Å². The molecule has 0 saturated carbocycles. The van der Waals surface area contributed by atoms with E-state index in [4.69, 9.17) is 9.47 Å². The van der Waals surface area contributed by atoms with Crippen LogP contribution in [0.2, 0.25) is 0 Å². The van der Waals surface area contributed by atoms with Gasteiger partial charge < -0.3 is 19.7 Å². The van der Waals surface area contributed by atoms with E-state index in [2.05, 4.69) is 19.9 Å². The highest BCUT2D eigenvalue weighted by Gasteiger charge is 2.45. The standard InChI is InChI=1S/C25H36O5/c1-16(7-6-8-24(4,5)28)9-20-10-17(2)13-25(29-20)14-19(15-26)21-12-22(27)18(3)11-23(21)30-25/h9,11,13-14,20-21,23,26,28H,6-8,10,12,15H2,1-5H3/b16-9+/t20-,21-,23-,25+/m1/s1. The Morgan fingerprint density at radius 3 is 2.67 bits per heavy atom. The molecule has 166 valence electrons. The van der Waals surface area contributed by atoms with E-state index in [1.165, 1.54) is 11.1 Å². The van der Waals surface area contributed by atoms with Crippen LogP contribution in [0.3, 0.4) is 0 Å². The Balaban J connectivity index is 1.79. The maximum absolute atomic E-state index is 12.2. The fourth-order valence-electron chi connectivity index (χ4n) is 4.63. The van der Waals surface area contributed by atoms with Crippen molar-refractivity contribution < 1.29 is 24.5 Å². The molecular formula is C25H36O5. The first-order valence-corrected chi connectivity index (χ1v) is 11.0. The average Bonchev–Trinajstić information content (AvgIpc) is 2.60. The predicted octanol–water partition coefficient (Wildman–Crippen LogP) is 4.16. The molecule has 2 heterocycles. The van der Waals surface area contributed by atoms with Crippen LogP contribution in [0.4, 0.5) is 0 Å². The van der Waals surface area contributed by atoms with Crippen molar-refractivity contribution >= 4 is 5.78 Å². The van der Waals surface area contributed by atoms with E-state index in [0.717, 1.165) is 31.3 Å². The largest absolute Gasteiger partial charge is 0.392 e. The Labute approximate surface area is 180 Å². The maximum atomic E-state index is 12.2. The van der Waals surface area contributed by atoms with Crippen LogP contribution in [-0.4, -0.2) is 46.2 Å². The summed E-state index contributed by atoms with van der Waals surface area (Å²) in [6, 6.07) is 0. The minimum Gasteiger partial charge on any atom is -0.392 e. The summed E-state index contributed by atoms with van der Waals surface area (Å²) in [6.45, 7) is 9.54. The minimum atomic E-state index is -1.02. The van der Waals surface area contributed by atoms with E-state index < -0.39 is 11.4 Å². The summed E-state index contributed by atoms with van der Waals surface area (Å²) >= 11 is 0. The second kappa shape index (κ2) is 8.91. The van der Waals surface area contributed by atoms with Gasteiger partial charge in [0.2, 0.25) is 5.79 Å². The van der Waals surface area contributed by atoms with Crippen molar-refractivity contribution in [2.24, 2.45) is 5.92 Å². The molecular weight excluding hydrogens is 380 g/mol. The molecule has 2 N–H and O–H groups in total. The van der Waals surface area contributed by atoms with Gasteiger partial charge in [-0.3, -0.25) is 4.79 Å². The quantitative estimate of drug-likeness (QED) is 0.636. The number of ketones is 1. The second-order valence-electron chi connectivity index (χ2n) is 9.79. The number of carbonyl (C=O) groups is 1. The Morgan fingerprint density at radius 2 is 2.00 bits per heavy atom. The summed E-state index contributed by atoms with van der Waals surface area (Å²) in [7, 11) is 0. The van der Waals surface area contributed by atoms with Crippen molar-refractivity contribution in [3.05, 3.63) is 46.6 Å². The van der Waals surface area contributed by atoms with Gasteiger partial charge in [0, 0.05) is 12.3 Å². The number of Topliss-reactive ketones (excluding diaryl/α,β-unsaturated/α-hetero) is 1. The van der Waals surface area contributed by atoms with Gasteiger partial charge in [-0.1, -0.05) is 17.2 Å². The van der Waals surface area contributed by atoms with E-state index in [0.29, 0.717) is 12.0 Å². The van der Waals surface area contributed by atoms with E-state index >= 15 is 0 Å². The molecule has 0 unspecified atom stereocenters. The average molecular weight is 417 g/mol. The number of aliphatic hydroxyl groups is 2. The third kappa shape index (κ3) is 5.58. The van der Waals surface area contributed by atoms with Crippen LogP contribution in [0.1, 0.15) is 66.7 Å². The molecule has 3 rings (SSSR count). The molecule has 1 aliphatic carbocycles. The van der Waals surface area contributed by atoms with Crippen LogP contribution in [0.25, 0.3) is 0 Å². The zero-order chi connectivity index (χ0) is 22.1. The van der Waals surface area contributed by atoms with Gasteiger partial charge in [0.25, 0.3) is 0 Å². The lowest BCUT2D eigenvalue weighted by Gasteiger charge is -2.45. The number of aliphatic hydroxyl groups excluding tert-OH is 1. The number of hydrogen-bond acceptors (Lipinski definition) is 5. The van der Waals surface area contributed by atoms with Crippen LogP contribution >= 0.6 is 0 Å². The summed E-state index contributed by atoms with van der Waals surface area (Å²) in [4.78, 5) is 12.2. The molecule has 4 atom stereocenters. The molecule has 0 bridgehead atoms. The van der Waals surface area contributed by atoms with Crippen LogP contribution in [0.5, 0.6) is 0 Å². The molecule has 0 radical (unpaired) electrons. The zero-order valence-electron chi connectivity index (χ0n) is 18.9. The molecule has 0 aromatic heterocycles. The Morgan fingerprint density at radius 1 is 1.27 bits per heavy atom. The molecule has 30 heavy (non-hydrogen) atoms. The molecule has 1 spiro atoms. The predicted molar refractivity (Wildman–Crippen MR) is 117 cm³/mol. The highest BCUT2D eigenvalue weighted by atomic mass is 16.7. The van der Waals surface area contributed by atoms with Crippen LogP contribution in [-0.2, 0) is 14.3 Å². The highest BCUT2D eigenvalue weighted by Crippen LogP contribution is 2.42. The molecule has 0 fully saturated rings. The van der Waals surface area contributed by atoms with Gasteiger partial charge in [-0.15, -0.1) is 0 Å². The van der Waals surface area contributed by atoms with Gasteiger partial charge in [-0.25, -0.2) is 0 Å². The summed E-state index contributed by atoms with van der Waals surface area (Å²) in [6.07, 6.45) is 11.2. The van der Waals surface area contributed by atoms with Gasteiger partial charge >= 0.3 is 0 Å². The zero-order valence-corrected chi connectivity index (χ0v) is 18.9. The third-order valence-corrected chi connectivity index (χ3v) is 6.16. The molecule has 0 saturated heterocycles. The van der Waals surface area contributed by atoms with E-state index in [9.17, 15) is 15.0 Å². The SMILES string of the molecule is CC1=C[C@]2(C=C(CO)[C@H]3CC(=O)C(C)=C[C@H]3O2)O[C@H](/C=C(\C)CCCC(C)(C)O)C1. The van der Waals surface area contributed by atoms with E-state index in [-0.39, 0.29) is 30.5 Å². The Kier molecular flexibility index (Phi) is 6.87. The fourth-order valence-corrected chi connectivity index (χ4v) is 4.63. The van der Waals surface area contributed by atoms with Gasteiger partial charge in [-0.05, 0) is 89.7 Å². The molecule has 0 aromatic rings. The van der Waals surface area contributed by atoms with Crippen molar-refractivity contribution in [3.63, 3.8) is 0 Å². The smallest absolute Gasteiger partial charge is 0.209 e. The first-order valence-electron chi connectivity index (χ1n) is 11.0. The number of carbonyl (C=O) groups excluding carboxylic acids is 1. The summed E-state index contributed by atoms with van der Waals surface area (Å²) in [5.41, 5.74) is 3.27. The van der Waals surface area contributed by atoms with Crippen LogP contribution in [0.15, 0.2) is 46.6 Å². The van der Waals surface area contributed by atoms with Gasteiger partial charge in [0.05, 0.1) is 24.4 Å². The van der Waals surface area contributed by atoms with E-state index in [1.807, 2.05) is 39.0 Å². The first kappa shape index (κ1) is 23.1. The third-order valence-electron chi connectivity index (χ3n) is 6.16. The lowest BCUT2D eigenvalue weighted by Crippen LogP contribution is -2.49. The number of fused-ring (bicyclic) bond motifs is 1. The summed E-state index contributed by atoms with van der Waals surface area (Å²) < 4.78 is 12.8. The van der Waals surface area contributed by atoms with Gasteiger partial charge in [0.15, 0.2) is 5.78 Å². The number of ether oxygens (including phenoxy) is 2. The molecule has 0 aromatic carbocycles.